The van der Waals surface area contributed by atoms with Crippen molar-refractivity contribution >= 4 is 5.91 Å². The van der Waals surface area contributed by atoms with Gasteiger partial charge in [-0.05, 0) is 55.3 Å². The largest absolute Gasteiger partial charge is 0.493 e. The van der Waals surface area contributed by atoms with Crippen molar-refractivity contribution in [1.29, 1.82) is 0 Å². The Hall–Kier alpha value is -3.41. The molecule has 1 amide bonds. The van der Waals surface area contributed by atoms with E-state index in [4.69, 9.17) is 9.47 Å². The van der Waals surface area contributed by atoms with Crippen LogP contribution in [0.15, 0.2) is 60.9 Å². The van der Waals surface area contributed by atoms with E-state index < -0.39 is 0 Å². The highest BCUT2D eigenvalue weighted by Gasteiger charge is 2.24. The van der Waals surface area contributed by atoms with E-state index in [1.807, 2.05) is 44.2 Å². The molecule has 0 saturated carbocycles. The summed E-state index contributed by atoms with van der Waals surface area (Å²) in [6, 6.07) is 15.6. The van der Waals surface area contributed by atoms with Gasteiger partial charge in [0.1, 0.15) is 11.5 Å². The molecule has 1 aliphatic heterocycles. The number of hydrogen-bond acceptors (Lipinski definition) is 5. The molecule has 0 fully saturated rings. The molecular formula is C23H23N3O3. The van der Waals surface area contributed by atoms with E-state index in [1.165, 1.54) is 12.4 Å². The lowest BCUT2D eigenvalue weighted by molar-refractivity contribution is 0.0924. The number of fused-ring (bicyclic) bond motifs is 1. The molecule has 0 radical (unpaired) electrons. The van der Waals surface area contributed by atoms with Crippen LogP contribution in [0.3, 0.4) is 0 Å². The first-order valence-electron chi connectivity index (χ1n) is 9.71. The Morgan fingerprint density at radius 3 is 2.79 bits per heavy atom. The van der Waals surface area contributed by atoms with Gasteiger partial charge in [-0.1, -0.05) is 18.2 Å². The van der Waals surface area contributed by atoms with Crippen LogP contribution in [0.2, 0.25) is 0 Å². The van der Waals surface area contributed by atoms with Crippen LogP contribution < -0.4 is 14.8 Å². The van der Waals surface area contributed by atoms with Gasteiger partial charge in [0, 0.05) is 12.0 Å². The molecule has 1 aromatic heterocycles. The molecule has 148 valence electrons. The maximum atomic E-state index is 12.6. The highest BCUT2D eigenvalue weighted by Crippen LogP contribution is 2.36. The predicted octanol–water partition coefficient (Wildman–Crippen LogP) is 4.18. The van der Waals surface area contributed by atoms with E-state index in [0.29, 0.717) is 18.6 Å². The SMILES string of the molecule is CC(C)Oc1cccc(-c2ccc3c(c2)C(NC(=O)c2ccnnc2)CCO3)c1. The van der Waals surface area contributed by atoms with Gasteiger partial charge in [-0.25, -0.2) is 0 Å². The summed E-state index contributed by atoms with van der Waals surface area (Å²) in [6.45, 7) is 4.58. The molecule has 2 aromatic carbocycles. The lowest BCUT2D eigenvalue weighted by atomic mass is 9.95. The Morgan fingerprint density at radius 1 is 1.14 bits per heavy atom. The van der Waals surface area contributed by atoms with Crippen molar-refractivity contribution < 1.29 is 14.3 Å². The van der Waals surface area contributed by atoms with E-state index in [9.17, 15) is 4.79 Å². The van der Waals surface area contributed by atoms with E-state index in [1.54, 1.807) is 6.07 Å². The molecule has 4 rings (SSSR count). The number of rotatable bonds is 5. The van der Waals surface area contributed by atoms with Crippen LogP contribution in [0.25, 0.3) is 11.1 Å². The lowest BCUT2D eigenvalue weighted by Crippen LogP contribution is -2.32. The summed E-state index contributed by atoms with van der Waals surface area (Å²) in [5.41, 5.74) is 3.57. The highest BCUT2D eigenvalue weighted by atomic mass is 16.5. The second-order valence-corrected chi connectivity index (χ2v) is 7.24. The number of carbonyl (C=O) groups excluding carboxylic acids is 1. The summed E-state index contributed by atoms with van der Waals surface area (Å²) in [7, 11) is 0. The third-order valence-corrected chi connectivity index (χ3v) is 4.74. The molecule has 1 atom stereocenters. The Labute approximate surface area is 169 Å². The van der Waals surface area contributed by atoms with Crippen LogP contribution in [-0.2, 0) is 0 Å². The Kier molecular flexibility index (Phi) is 5.42. The molecule has 0 saturated heterocycles. The summed E-state index contributed by atoms with van der Waals surface area (Å²) in [5.74, 6) is 1.46. The minimum Gasteiger partial charge on any atom is -0.493 e. The smallest absolute Gasteiger partial charge is 0.253 e. The maximum absolute atomic E-state index is 12.6. The average molecular weight is 389 g/mol. The van der Waals surface area contributed by atoms with Crippen LogP contribution in [0, 0.1) is 0 Å². The molecule has 0 aliphatic carbocycles. The number of nitrogens with one attached hydrogen (secondary N) is 1. The molecule has 29 heavy (non-hydrogen) atoms. The molecule has 6 nitrogen and oxygen atoms in total. The number of ether oxygens (including phenoxy) is 2. The Balaban J connectivity index is 1.61. The van der Waals surface area contributed by atoms with Gasteiger partial charge >= 0.3 is 0 Å². The molecule has 6 heteroatoms. The minimum absolute atomic E-state index is 0.115. The van der Waals surface area contributed by atoms with Gasteiger partial charge < -0.3 is 14.8 Å². The predicted molar refractivity (Wildman–Crippen MR) is 110 cm³/mol. The van der Waals surface area contributed by atoms with Crippen LogP contribution in [-0.4, -0.2) is 28.8 Å². The van der Waals surface area contributed by atoms with Crippen molar-refractivity contribution in [2.24, 2.45) is 0 Å². The molecule has 1 aliphatic rings. The van der Waals surface area contributed by atoms with Gasteiger partial charge in [-0.2, -0.15) is 10.2 Å². The summed E-state index contributed by atoms with van der Waals surface area (Å²) < 4.78 is 11.6. The zero-order valence-corrected chi connectivity index (χ0v) is 16.5. The summed E-state index contributed by atoms with van der Waals surface area (Å²) >= 11 is 0. The van der Waals surface area contributed by atoms with Crippen molar-refractivity contribution in [3.63, 3.8) is 0 Å². The van der Waals surface area contributed by atoms with Crippen molar-refractivity contribution in [1.82, 2.24) is 15.5 Å². The molecular weight excluding hydrogens is 366 g/mol. The first-order chi connectivity index (χ1) is 14.1. The molecule has 0 bridgehead atoms. The zero-order chi connectivity index (χ0) is 20.2. The summed E-state index contributed by atoms with van der Waals surface area (Å²) in [5, 5.41) is 10.6. The quantitative estimate of drug-likeness (QED) is 0.708. The van der Waals surface area contributed by atoms with E-state index >= 15 is 0 Å². The fourth-order valence-electron chi connectivity index (χ4n) is 3.41. The van der Waals surface area contributed by atoms with Gasteiger partial charge in [0.15, 0.2) is 0 Å². The molecule has 1 N–H and O–H groups in total. The minimum atomic E-state index is -0.171. The van der Waals surface area contributed by atoms with Crippen molar-refractivity contribution in [2.45, 2.75) is 32.4 Å². The van der Waals surface area contributed by atoms with Crippen molar-refractivity contribution in [2.75, 3.05) is 6.61 Å². The number of carbonyl (C=O) groups is 1. The number of aromatic nitrogens is 2. The fourth-order valence-corrected chi connectivity index (χ4v) is 3.41. The zero-order valence-electron chi connectivity index (χ0n) is 16.5. The van der Waals surface area contributed by atoms with Crippen LogP contribution >= 0.6 is 0 Å². The molecule has 0 spiro atoms. The van der Waals surface area contributed by atoms with Crippen LogP contribution in [0.1, 0.15) is 42.2 Å². The molecule has 3 aromatic rings. The van der Waals surface area contributed by atoms with Gasteiger partial charge in [0.25, 0.3) is 5.91 Å². The monoisotopic (exact) mass is 389 g/mol. The summed E-state index contributed by atoms with van der Waals surface area (Å²) in [6.07, 6.45) is 3.80. The highest BCUT2D eigenvalue weighted by molar-refractivity contribution is 5.94. The summed E-state index contributed by atoms with van der Waals surface area (Å²) in [4.78, 5) is 12.6. The van der Waals surface area contributed by atoms with E-state index in [-0.39, 0.29) is 18.1 Å². The molecule has 2 heterocycles. The van der Waals surface area contributed by atoms with Gasteiger partial charge in [-0.3, -0.25) is 4.79 Å². The number of hydrogen-bond donors (Lipinski definition) is 1. The standard InChI is InChI=1S/C23H23N3O3/c1-15(2)29-19-5-3-4-16(12-19)17-6-7-22-20(13-17)21(9-11-28-22)26-23(27)18-8-10-24-25-14-18/h3-8,10,12-15,21H,9,11H2,1-2H3,(H,26,27). The second kappa shape index (κ2) is 8.31. The van der Waals surface area contributed by atoms with Crippen molar-refractivity contribution in [3.8, 4) is 22.6 Å². The van der Waals surface area contributed by atoms with Gasteiger partial charge in [0.05, 0.1) is 36.7 Å². The average Bonchev–Trinajstić information content (AvgIpc) is 2.74. The first-order valence-corrected chi connectivity index (χ1v) is 9.71. The lowest BCUT2D eigenvalue weighted by Gasteiger charge is -2.27. The third kappa shape index (κ3) is 4.37. The maximum Gasteiger partial charge on any atom is 0.253 e. The third-order valence-electron chi connectivity index (χ3n) is 4.74. The molecule has 1 unspecified atom stereocenters. The van der Waals surface area contributed by atoms with Crippen LogP contribution in [0.4, 0.5) is 0 Å². The van der Waals surface area contributed by atoms with E-state index in [0.717, 1.165) is 28.2 Å². The topological polar surface area (TPSA) is 73.3 Å². The second-order valence-electron chi connectivity index (χ2n) is 7.24. The van der Waals surface area contributed by atoms with Crippen LogP contribution in [0.5, 0.6) is 11.5 Å². The number of amides is 1. The Morgan fingerprint density at radius 2 is 2.00 bits per heavy atom. The van der Waals surface area contributed by atoms with Gasteiger partial charge in [-0.15, -0.1) is 0 Å². The van der Waals surface area contributed by atoms with E-state index in [2.05, 4.69) is 27.6 Å². The first kappa shape index (κ1) is 18.9. The normalized spacial score (nSPS) is 15.3. The Bertz CT molecular complexity index is 1010. The number of benzene rings is 2. The number of nitrogens with zero attached hydrogens (tertiary/aromatic N) is 2. The van der Waals surface area contributed by atoms with Crippen molar-refractivity contribution in [3.05, 3.63) is 72.1 Å². The van der Waals surface area contributed by atoms with Gasteiger partial charge in [0.2, 0.25) is 0 Å². The fraction of sp³-hybridized carbons (Fsp3) is 0.261.